The summed E-state index contributed by atoms with van der Waals surface area (Å²) >= 11 is 0. The molecule has 1 aliphatic carbocycles. The van der Waals surface area contributed by atoms with Crippen LogP contribution in [0.4, 0.5) is 0 Å². The summed E-state index contributed by atoms with van der Waals surface area (Å²) in [5.74, 6) is 0.372. The molecule has 17 heavy (non-hydrogen) atoms. The van der Waals surface area contributed by atoms with E-state index in [2.05, 4.69) is 11.7 Å². The molecule has 4 nitrogen and oxygen atoms in total. The molecular formula is C13H25NO3. The summed E-state index contributed by atoms with van der Waals surface area (Å²) in [5.41, 5.74) is 4.92. The maximum absolute atomic E-state index is 11.4. The molecule has 4 heteroatoms. The summed E-state index contributed by atoms with van der Waals surface area (Å²) in [4.78, 5) is 11.4. The summed E-state index contributed by atoms with van der Waals surface area (Å²) in [7, 11) is 1.36. The van der Waals surface area contributed by atoms with E-state index in [9.17, 15) is 4.79 Å². The first-order chi connectivity index (χ1) is 7.95. The zero-order chi connectivity index (χ0) is 12.9. The molecule has 0 saturated heterocycles. The molecule has 2 N–H and O–H groups in total. The normalized spacial score (nSPS) is 28.5. The van der Waals surface area contributed by atoms with E-state index in [0.29, 0.717) is 19.1 Å². The molecule has 0 aromatic heterocycles. The number of nitrogens with two attached hydrogens (primary N) is 1. The summed E-state index contributed by atoms with van der Waals surface area (Å²) in [5, 5.41) is 0. The van der Waals surface area contributed by atoms with Gasteiger partial charge < -0.3 is 15.2 Å². The Morgan fingerprint density at radius 1 is 1.47 bits per heavy atom. The van der Waals surface area contributed by atoms with E-state index < -0.39 is 5.54 Å². The SMILES string of the molecule is COC(=O)C(C)(N)CCOC1CCCC(C)C1. The van der Waals surface area contributed by atoms with Crippen LogP contribution in [0.15, 0.2) is 0 Å². The van der Waals surface area contributed by atoms with Crippen molar-refractivity contribution in [2.75, 3.05) is 13.7 Å². The molecule has 0 aliphatic heterocycles. The highest BCUT2D eigenvalue weighted by Crippen LogP contribution is 2.26. The Balaban J connectivity index is 2.25. The van der Waals surface area contributed by atoms with Gasteiger partial charge in [0.2, 0.25) is 0 Å². The quantitative estimate of drug-likeness (QED) is 0.749. The molecule has 0 heterocycles. The van der Waals surface area contributed by atoms with Crippen molar-refractivity contribution in [2.24, 2.45) is 11.7 Å². The van der Waals surface area contributed by atoms with Gasteiger partial charge in [0.1, 0.15) is 5.54 Å². The Morgan fingerprint density at radius 2 is 2.18 bits per heavy atom. The third-order valence-corrected chi connectivity index (χ3v) is 3.51. The Labute approximate surface area is 104 Å². The molecule has 0 amide bonds. The number of esters is 1. The molecule has 3 atom stereocenters. The summed E-state index contributed by atoms with van der Waals surface area (Å²) in [6, 6.07) is 0. The molecular weight excluding hydrogens is 218 g/mol. The molecule has 0 bridgehead atoms. The van der Waals surface area contributed by atoms with E-state index in [1.807, 2.05) is 0 Å². The van der Waals surface area contributed by atoms with Gasteiger partial charge in [-0.05, 0) is 32.1 Å². The van der Waals surface area contributed by atoms with Crippen molar-refractivity contribution in [3.63, 3.8) is 0 Å². The highest BCUT2D eigenvalue weighted by Gasteiger charge is 2.29. The van der Waals surface area contributed by atoms with Gasteiger partial charge in [-0.25, -0.2) is 0 Å². The van der Waals surface area contributed by atoms with Crippen molar-refractivity contribution < 1.29 is 14.3 Å². The topological polar surface area (TPSA) is 61.5 Å². The largest absolute Gasteiger partial charge is 0.468 e. The molecule has 0 aromatic rings. The number of methoxy groups -OCH3 is 1. The minimum Gasteiger partial charge on any atom is -0.468 e. The van der Waals surface area contributed by atoms with Crippen molar-refractivity contribution in [2.45, 2.75) is 57.6 Å². The molecule has 100 valence electrons. The standard InChI is InChI=1S/C13H25NO3/c1-10-5-4-6-11(9-10)17-8-7-13(2,14)12(15)16-3/h10-11H,4-9,14H2,1-3H3. The lowest BCUT2D eigenvalue weighted by molar-refractivity contribution is -0.147. The highest BCUT2D eigenvalue weighted by molar-refractivity contribution is 5.79. The molecule has 1 aliphatic rings. The van der Waals surface area contributed by atoms with Crippen LogP contribution in [-0.2, 0) is 14.3 Å². The van der Waals surface area contributed by atoms with E-state index in [1.54, 1.807) is 6.92 Å². The van der Waals surface area contributed by atoms with Crippen LogP contribution in [0.5, 0.6) is 0 Å². The first kappa shape index (κ1) is 14.5. The van der Waals surface area contributed by atoms with Gasteiger partial charge in [0.05, 0.1) is 13.2 Å². The number of hydrogen-bond acceptors (Lipinski definition) is 4. The summed E-state index contributed by atoms with van der Waals surface area (Å²) in [6.07, 6.45) is 5.64. The number of hydrogen-bond donors (Lipinski definition) is 1. The molecule has 0 spiro atoms. The van der Waals surface area contributed by atoms with Crippen LogP contribution in [0.1, 0.15) is 46.0 Å². The first-order valence-corrected chi connectivity index (χ1v) is 6.44. The van der Waals surface area contributed by atoms with Gasteiger partial charge in [-0.15, -0.1) is 0 Å². The Kier molecular flexibility index (Phi) is 5.40. The van der Waals surface area contributed by atoms with Crippen LogP contribution in [0.2, 0.25) is 0 Å². The van der Waals surface area contributed by atoms with Crippen molar-refractivity contribution in [3.8, 4) is 0 Å². The van der Waals surface area contributed by atoms with Crippen LogP contribution in [-0.4, -0.2) is 31.3 Å². The fourth-order valence-electron chi connectivity index (χ4n) is 2.30. The lowest BCUT2D eigenvalue weighted by atomic mass is 9.88. The van der Waals surface area contributed by atoms with Gasteiger partial charge >= 0.3 is 5.97 Å². The predicted octanol–water partition coefficient (Wildman–Crippen LogP) is 1.86. The lowest BCUT2D eigenvalue weighted by Crippen LogP contribution is -2.46. The fourth-order valence-corrected chi connectivity index (χ4v) is 2.30. The van der Waals surface area contributed by atoms with Crippen molar-refractivity contribution in [1.29, 1.82) is 0 Å². The Hall–Kier alpha value is -0.610. The second-order valence-electron chi connectivity index (χ2n) is 5.42. The predicted molar refractivity (Wildman–Crippen MR) is 66.6 cm³/mol. The van der Waals surface area contributed by atoms with Gasteiger partial charge in [0.15, 0.2) is 0 Å². The summed E-state index contributed by atoms with van der Waals surface area (Å²) in [6.45, 7) is 4.47. The van der Waals surface area contributed by atoms with Gasteiger partial charge in [-0.1, -0.05) is 19.8 Å². The number of rotatable bonds is 5. The molecule has 3 unspecified atom stereocenters. The second-order valence-corrected chi connectivity index (χ2v) is 5.42. The van der Waals surface area contributed by atoms with E-state index in [1.165, 1.54) is 20.0 Å². The van der Waals surface area contributed by atoms with Crippen LogP contribution in [0.3, 0.4) is 0 Å². The highest BCUT2D eigenvalue weighted by atomic mass is 16.5. The van der Waals surface area contributed by atoms with E-state index >= 15 is 0 Å². The number of ether oxygens (including phenoxy) is 2. The zero-order valence-electron chi connectivity index (χ0n) is 11.2. The second kappa shape index (κ2) is 6.36. The average molecular weight is 243 g/mol. The van der Waals surface area contributed by atoms with Crippen LogP contribution < -0.4 is 5.73 Å². The van der Waals surface area contributed by atoms with Crippen molar-refractivity contribution in [3.05, 3.63) is 0 Å². The van der Waals surface area contributed by atoms with Crippen LogP contribution in [0, 0.1) is 5.92 Å². The number of carbonyl (C=O) groups is 1. The van der Waals surface area contributed by atoms with Crippen LogP contribution in [0.25, 0.3) is 0 Å². The monoisotopic (exact) mass is 243 g/mol. The van der Waals surface area contributed by atoms with Crippen molar-refractivity contribution >= 4 is 5.97 Å². The molecule has 1 saturated carbocycles. The van der Waals surface area contributed by atoms with Gasteiger partial charge in [0.25, 0.3) is 0 Å². The third-order valence-electron chi connectivity index (χ3n) is 3.51. The molecule has 0 aromatic carbocycles. The van der Waals surface area contributed by atoms with Crippen molar-refractivity contribution in [1.82, 2.24) is 0 Å². The fraction of sp³-hybridized carbons (Fsp3) is 0.923. The van der Waals surface area contributed by atoms with E-state index in [0.717, 1.165) is 18.8 Å². The van der Waals surface area contributed by atoms with Gasteiger partial charge in [-0.3, -0.25) is 4.79 Å². The molecule has 1 fully saturated rings. The van der Waals surface area contributed by atoms with Gasteiger partial charge in [0, 0.05) is 6.61 Å². The molecule has 0 radical (unpaired) electrons. The Morgan fingerprint density at radius 3 is 2.76 bits per heavy atom. The van der Waals surface area contributed by atoms with E-state index in [4.69, 9.17) is 10.5 Å². The lowest BCUT2D eigenvalue weighted by Gasteiger charge is -2.28. The minimum atomic E-state index is -0.935. The average Bonchev–Trinajstić information content (AvgIpc) is 2.27. The summed E-state index contributed by atoms with van der Waals surface area (Å²) < 4.78 is 10.5. The third kappa shape index (κ3) is 4.64. The molecule has 1 rings (SSSR count). The van der Waals surface area contributed by atoms with Crippen LogP contribution >= 0.6 is 0 Å². The smallest absolute Gasteiger partial charge is 0.325 e. The Bertz CT molecular complexity index is 253. The maximum Gasteiger partial charge on any atom is 0.325 e. The van der Waals surface area contributed by atoms with E-state index in [-0.39, 0.29) is 5.97 Å². The first-order valence-electron chi connectivity index (χ1n) is 6.44. The number of carbonyl (C=O) groups excluding carboxylic acids is 1. The zero-order valence-corrected chi connectivity index (χ0v) is 11.2. The van der Waals surface area contributed by atoms with Gasteiger partial charge in [-0.2, -0.15) is 0 Å². The maximum atomic E-state index is 11.4. The minimum absolute atomic E-state index is 0.340.